The molecule has 1 N–H and O–H groups in total. The van der Waals surface area contributed by atoms with Crippen molar-refractivity contribution < 1.29 is 9.47 Å². The number of morpholine rings is 1. The lowest BCUT2D eigenvalue weighted by molar-refractivity contribution is 0.0339. The molecule has 1 saturated heterocycles. The summed E-state index contributed by atoms with van der Waals surface area (Å²) in [5, 5.41) is 5.34. The third-order valence-electron chi connectivity index (χ3n) is 4.81. The number of aromatic nitrogens is 1. The molecule has 28 heavy (non-hydrogen) atoms. The molecule has 1 aromatic heterocycles. The van der Waals surface area contributed by atoms with Crippen LogP contribution in [0.2, 0.25) is 0 Å². The third kappa shape index (κ3) is 4.32. The molecule has 146 valence electrons. The molecule has 3 aromatic rings. The lowest BCUT2D eigenvalue weighted by atomic mass is 10.1. The molecular formula is C21H24N4O2S. The minimum Gasteiger partial charge on any atom is -0.496 e. The molecule has 0 aliphatic carbocycles. The Morgan fingerprint density at radius 1 is 1.25 bits per heavy atom. The number of hydrazone groups is 1. The molecular weight excluding hydrogens is 372 g/mol. The molecule has 0 spiro atoms. The lowest BCUT2D eigenvalue weighted by Gasteiger charge is -2.27. The first-order valence-electron chi connectivity index (χ1n) is 9.36. The highest BCUT2D eigenvalue weighted by Gasteiger charge is 2.14. The summed E-state index contributed by atoms with van der Waals surface area (Å²) in [5.74, 6) is 0.905. The SMILES string of the molecule is COc1ccc(/C(C)=N\Nc2nc3ccccc3s2)cc1CN1CCOCC1. The molecule has 1 aliphatic heterocycles. The van der Waals surface area contributed by atoms with Gasteiger partial charge in [-0.15, -0.1) is 0 Å². The molecule has 2 heterocycles. The number of hydrogen-bond donors (Lipinski definition) is 1. The van der Waals surface area contributed by atoms with Crippen LogP contribution in [0.3, 0.4) is 0 Å². The molecule has 0 radical (unpaired) electrons. The summed E-state index contributed by atoms with van der Waals surface area (Å²) in [6, 6.07) is 14.3. The number of fused-ring (bicyclic) bond motifs is 1. The van der Waals surface area contributed by atoms with Crippen molar-refractivity contribution in [2.45, 2.75) is 13.5 Å². The monoisotopic (exact) mass is 396 g/mol. The highest BCUT2D eigenvalue weighted by atomic mass is 32.1. The van der Waals surface area contributed by atoms with Crippen LogP contribution in [-0.4, -0.2) is 49.0 Å². The predicted molar refractivity (Wildman–Crippen MR) is 115 cm³/mol. The highest BCUT2D eigenvalue weighted by molar-refractivity contribution is 7.22. The molecule has 1 fully saturated rings. The van der Waals surface area contributed by atoms with Gasteiger partial charge in [-0.2, -0.15) is 5.10 Å². The summed E-state index contributed by atoms with van der Waals surface area (Å²) in [6.07, 6.45) is 0. The minimum atomic E-state index is 0.786. The zero-order valence-corrected chi connectivity index (χ0v) is 17.0. The topological polar surface area (TPSA) is 59.0 Å². The molecule has 0 unspecified atom stereocenters. The fourth-order valence-electron chi connectivity index (χ4n) is 3.24. The lowest BCUT2D eigenvalue weighted by Crippen LogP contribution is -2.35. The van der Waals surface area contributed by atoms with Gasteiger partial charge in [0.15, 0.2) is 0 Å². The average molecular weight is 397 g/mol. The highest BCUT2D eigenvalue weighted by Crippen LogP contribution is 2.26. The van der Waals surface area contributed by atoms with Gasteiger partial charge in [-0.25, -0.2) is 4.98 Å². The number of thiazole rings is 1. The fraction of sp³-hybridized carbons (Fsp3) is 0.333. The van der Waals surface area contributed by atoms with Crippen molar-refractivity contribution in [3.8, 4) is 5.75 Å². The van der Waals surface area contributed by atoms with E-state index in [1.54, 1.807) is 18.4 Å². The van der Waals surface area contributed by atoms with E-state index in [1.165, 1.54) is 0 Å². The van der Waals surface area contributed by atoms with Crippen molar-refractivity contribution in [3.05, 3.63) is 53.6 Å². The number of anilines is 1. The second-order valence-corrected chi connectivity index (χ2v) is 7.74. The first-order valence-corrected chi connectivity index (χ1v) is 10.2. The van der Waals surface area contributed by atoms with Gasteiger partial charge in [-0.1, -0.05) is 23.5 Å². The molecule has 6 nitrogen and oxygen atoms in total. The van der Waals surface area contributed by atoms with Gasteiger partial charge in [0, 0.05) is 25.2 Å². The van der Waals surface area contributed by atoms with Crippen molar-refractivity contribution in [3.63, 3.8) is 0 Å². The number of ether oxygens (including phenoxy) is 2. The van der Waals surface area contributed by atoms with Crippen LogP contribution in [0.1, 0.15) is 18.1 Å². The fourth-order valence-corrected chi connectivity index (χ4v) is 4.05. The van der Waals surface area contributed by atoms with Crippen molar-refractivity contribution in [2.24, 2.45) is 5.10 Å². The van der Waals surface area contributed by atoms with Crippen molar-refractivity contribution >= 4 is 32.4 Å². The Balaban J connectivity index is 1.51. The van der Waals surface area contributed by atoms with Gasteiger partial charge < -0.3 is 9.47 Å². The van der Waals surface area contributed by atoms with Gasteiger partial charge in [0.2, 0.25) is 5.13 Å². The van der Waals surface area contributed by atoms with E-state index in [-0.39, 0.29) is 0 Å². The van der Waals surface area contributed by atoms with Crippen LogP contribution in [0, 0.1) is 0 Å². The first kappa shape index (κ1) is 18.9. The zero-order valence-electron chi connectivity index (χ0n) is 16.1. The summed E-state index contributed by atoms with van der Waals surface area (Å²) in [7, 11) is 1.72. The van der Waals surface area contributed by atoms with Crippen molar-refractivity contribution in [1.82, 2.24) is 9.88 Å². The summed E-state index contributed by atoms with van der Waals surface area (Å²) in [4.78, 5) is 6.95. The van der Waals surface area contributed by atoms with Crippen LogP contribution in [0.4, 0.5) is 5.13 Å². The standard InChI is InChI=1S/C21H24N4O2S/c1-15(23-24-21-22-18-5-3-4-6-20(18)28-21)16-7-8-19(26-2)17(13-16)14-25-9-11-27-12-10-25/h3-8,13H,9-12,14H2,1-2H3,(H,22,24)/b23-15-. The molecule has 4 rings (SSSR count). The van der Waals surface area contributed by atoms with E-state index in [2.05, 4.69) is 32.5 Å². The maximum atomic E-state index is 5.56. The molecule has 0 atom stereocenters. The van der Waals surface area contributed by atoms with Crippen LogP contribution in [0.15, 0.2) is 47.6 Å². The van der Waals surface area contributed by atoms with E-state index in [0.717, 1.165) is 70.8 Å². The normalized spacial score (nSPS) is 15.7. The van der Waals surface area contributed by atoms with Gasteiger partial charge in [0.25, 0.3) is 0 Å². The number of nitrogens with zero attached hydrogens (tertiary/aromatic N) is 3. The van der Waals surface area contributed by atoms with Crippen molar-refractivity contribution in [2.75, 3.05) is 38.8 Å². The Kier molecular flexibility index (Phi) is 5.85. The number of benzene rings is 2. The Bertz CT molecular complexity index is 946. The minimum absolute atomic E-state index is 0.786. The van der Waals surface area contributed by atoms with E-state index in [4.69, 9.17) is 9.47 Å². The Hall–Kier alpha value is -2.48. The summed E-state index contributed by atoms with van der Waals surface area (Å²) < 4.78 is 12.2. The molecule has 1 aliphatic rings. The van der Waals surface area contributed by atoms with Gasteiger partial charge >= 0.3 is 0 Å². The van der Waals surface area contributed by atoms with Gasteiger partial charge in [-0.05, 0) is 42.8 Å². The summed E-state index contributed by atoms with van der Waals surface area (Å²) in [5.41, 5.74) is 7.22. The molecule has 0 amide bonds. The van der Waals surface area contributed by atoms with Gasteiger partial charge in [0.1, 0.15) is 5.75 Å². The number of nitrogens with one attached hydrogen (secondary N) is 1. The van der Waals surface area contributed by atoms with Gasteiger partial charge in [0.05, 0.1) is 36.3 Å². The number of methoxy groups -OCH3 is 1. The average Bonchev–Trinajstić information content (AvgIpc) is 3.16. The molecule has 0 bridgehead atoms. The largest absolute Gasteiger partial charge is 0.496 e. The van der Waals surface area contributed by atoms with E-state index >= 15 is 0 Å². The summed E-state index contributed by atoms with van der Waals surface area (Å²) >= 11 is 1.60. The molecule has 2 aromatic carbocycles. The smallest absolute Gasteiger partial charge is 0.204 e. The maximum Gasteiger partial charge on any atom is 0.204 e. The Labute approximate surface area is 168 Å². The second kappa shape index (κ2) is 8.68. The maximum absolute atomic E-state index is 5.56. The van der Waals surface area contributed by atoms with Crippen LogP contribution in [0.5, 0.6) is 5.75 Å². The van der Waals surface area contributed by atoms with Crippen LogP contribution < -0.4 is 10.2 Å². The van der Waals surface area contributed by atoms with E-state index < -0.39 is 0 Å². The predicted octanol–water partition coefficient (Wildman–Crippen LogP) is 3.97. The van der Waals surface area contributed by atoms with Crippen LogP contribution >= 0.6 is 11.3 Å². The van der Waals surface area contributed by atoms with E-state index in [0.29, 0.717) is 0 Å². The Morgan fingerprint density at radius 2 is 2.07 bits per heavy atom. The Morgan fingerprint density at radius 3 is 2.86 bits per heavy atom. The van der Waals surface area contributed by atoms with Crippen molar-refractivity contribution in [1.29, 1.82) is 0 Å². The molecule has 7 heteroatoms. The van der Waals surface area contributed by atoms with Crippen LogP contribution in [-0.2, 0) is 11.3 Å². The number of hydrogen-bond acceptors (Lipinski definition) is 7. The number of rotatable bonds is 6. The van der Waals surface area contributed by atoms with E-state index in [9.17, 15) is 0 Å². The molecule has 0 saturated carbocycles. The van der Waals surface area contributed by atoms with Gasteiger partial charge in [-0.3, -0.25) is 10.3 Å². The summed E-state index contributed by atoms with van der Waals surface area (Å²) in [6.45, 7) is 6.31. The first-order chi connectivity index (χ1) is 13.7. The van der Waals surface area contributed by atoms with E-state index in [1.807, 2.05) is 37.3 Å². The quantitative estimate of drug-likeness (QED) is 0.505. The second-order valence-electron chi connectivity index (χ2n) is 6.71. The third-order valence-corrected chi connectivity index (χ3v) is 5.75. The van der Waals surface area contributed by atoms with Crippen LogP contribution in [0.25, 0.3) is 10.2 Å². The number of para-hydroxylation sites is 1. The zero-order chi connectivity index (χ0) is 19.3.